The van der Waals surface area contributed by atoms with Crippen LogP contribution in [0.1, 0.15) is 0 Å². The first-order valence-electron chi connectivity index (χ1n) is 0. The summed E-state index contributed by atoms with van der Waals surface area (Å²) in [5.41, 5.74) is 0. The summed E-state index contributed by atoms with van der Waals surface area (Å²) in [4.78, 5) is 0. The molecule has 72 valence electrons. The van der Waals surface area contributed by atoms with Crippen LogP contribution < -0.4 is 99.3 Å². The van der Waals surface area contributed by atoms with Crippen molar-refractivity contribution in [1.82, 2.24) is 0 Å². The Hall–Kier alpha value is 3.67. The first-order valence-corrected chi connectivity index (χ1v) is 0. The Labute approximate surface area is 139 Å². The van der Waals surface area contributed by atoms with Crippen LogP contribution in [0.3, 0.4) is 0 Å². The van der Waals surface area contributed by atoms with E-state index >= 15 is 0 Å². The van der Waals surface area contributed by atoms with Crippen LogP contribution in [-0.2, 0) is 41.5 Å². The molecule has 0 aromatic carbocycles. The fourth-order valence-electron chi connectivity index (χ4n) is 0. The maximum Gasteiger partial charge on any atom is 6.00 e. The van der Waals surface area contributed by atoms with Crippen LogP contribution in [0.5, 0.6) is 0 Å². The summed E-state index contributed by atoms with van der Waals surface area (Å²) in [5, 5.41) is 0. The van der Waals surface area contributed by atoms with Gasteiger partial charge in [-0.25, -0.2) is 0 Å². The molecule has 0 aliphatic rings. The second-order valence-electron chi connectivity index (χ2n) is 0. The van der Waals surface area contributed by atoms with Gasteiger partial charge < -0.3 is 99.3 Å². The minimum absolute atomic E-state index is 0. The molecule has 0 aliphatic carbocycles. The molecule has 0 aliphatic heterocycles. The molecule has 0 saturated carbocycles. The van der Waals surface area contributed by atoms with Crippen molar-refractivity contribution in [2.24, 2.45) is 0 Å². The Balaban J connectivity index is 0. The average molecular weight is 486 g/mol. The van der Waals surface area contributed by atoms with E-state index in [1.807, 2.05) is 0 Å². The Morgan fingerprint density at radius 2 is 0.300 bits per heavy atom. The number of rotatable bonds is 0. The van der Waals surface area contributed by atoms with Crippen LogP contribution in [0.15, 0.2) is 0 Å². The van der Waals surface area contributed by atoms with Gasteiger partial charge >= 0.3 is 41.5 Å². The van der Waals surface area contributed by atoms with Gasteiger partial charge in [-0.2, -0.15) is 0 Å². The fraction of sp³-hybridized carbons (Fsp3) is 0. The first kappa shape index (κ1) is 163. The summed E-state index contributed by atoms with van der Waals surface area (Å²) in [7, 11) is 0. The molecule has 0 aromatic heterocycles. The molecule has 0 bridgehead atoms. The van der Waals surface area contributed by atoms with Gasteiger partial charge in [0.1, 0.15) is 0 Å². The van der Waals surface area contributed by atoms with Crippen molar-refractivity contribution in [3.05, 3.63) is 0 Å². The van der Waals surface area contributed by atoms with Crippen LogP contribution in [0.2, 0.25) is 0 Å². The summed E-state index contributed by atoms with van der Waals surface area (Å²) in [5.74, 6) is 0. The Morgan fingerprint density at radius 3 is 0.300 bits per heavy atom. The molecule has 0 spiro atoms. The van der Waals surface area contributed by atoms with E-state index in [0.29, 0.717) is 0 Å². The fourth-order valence-corrected chi connectivity index (χ4v) is 0. The van der Waals surface area contributed by atoms with Crippen molar-refractivity contribution in [2.45, 2.75) is 0 Å². The summed E-state index contributed by atoms with van der Waals surface area (Å²) in [6.45, 7) is 0. The van der Waals surface area contributed by atoms with Crippen LogP contribution in [-0.4, -0.2) is 0 Å². The van der Waals surface area contributed by atoms with Gasteiger partial charge in [-0.15, -0.1) is 0 Å². The van der Waals surface area contributed by atoms with Crippen molar-refractivity contribution < 1.29 is 141 Å². The third-order valence-corrected chi connectivity index (χ3v) is 0. The molecule has 0 fully saturated rings. The Bertz CT molecular complexity index is 9.22. The topological polar surface area (TPSA) is 0 Å². The van der Waals surface area contributed by atoms with Crippen molar-refractivity contribution in [3.8, 4) is 0 Å². The summed E-state index contributed by atoms with van der Waals surface area (Å²) < 4.78 is 0. The van der Waals surface area contributed by atoms with Crippen molar-refractivity contribution in [3.63, 3.8) is 0 Å². The van der Waals surface area contributed by atoms with E-state index < -0.39 is 0 Å². The molecule has 10 heteroatoms. The molecular formula is Cl8MoPd. The van der Waals surface area contributed by atoms with Crippen LogP contribution in [0, 0.1) is 0 Å². The summed E-state index contributed by atoms with van der Waals surface area (Å²) in [6, 6.07) is 0. The van der Waals surface area contributed by atoms with Crippen molar-refractivity contribution >= 4 is 0 Å². The van der Waals surface area contributed by atoms with Crippen molar-refractivity contribution in [2.75, 3.05) is 0 Å². The van der Waals surface area contributed by atoms with E-state index in [9.17, 15) is 0 Å². The van der Waals surface area contributed by atoms with Gasteiger partial charge in [0.05, 0.1) is 0 Å². The van der Waals surface area contributed by atoms with Gasteiger partial charge in [0.25, 0.3) is 0 Å². The second-order valence-corrected chi connectivity index (χ2v) is 0. The number of hydrogen-bond donors (Lipinski definition) is 0. The summed E-state index contributed by atoms with van der Waals surface area (Å²) >= 11 is 0. The molecule has 0 radical (unpaired) electrons. The summed E-state index contributed by atoms with van der Waals surface area (Å²) in [6.07, 6.45) is 0. The second kappa shape index (κ2) is 128. The molecule has 10 heavy (non-hydrogen) atoms. The molecule has 0 aromatic rings. The average Bonchev–Trinajstić information content (AvgIpc) is 0. The third kappa shape index (κ3) is 98.6. The number of halogens is 8. The van der Waals surface area contributed by atoms with Gasteiger partial charge in [0.15, 0.2) is 0 Å². The molecule has 0 heterocycles. The predicted octanol–water partition coefficient (Wildman–Crippen LogP) is -24.0. The largest absolute Gasteiger partial charge is 6.00 e. The standard InChI is InChI=1S/8ClH.Mo.Pd/h8*1H;;/q;;;;;;;;+6;+2/p-8. The molecule has 0 atom stereocenters. The molecule has 0 rings (SSSR count). The van der Waals surface area contributed by atoms with E-state index in [4.69, 9.17) is 0 Å². The molecule has 0 saturated heterocycles. The maximum absolute atomic E-state index is 0. The van der Waals surface area contributed by atoms with E-state index in [0.717, 1.165) is 0 Å². The Morgan fingerprint density at radius 1 is 0.300 bits per heavy atom. The Kier molecular flexibility index (Phi) is 2090. The molecular weight excluding hydrogens is 486 g/mol. The SMILES string of the molecule is [Cl-].[Cl-].[Cl-].[Cl-].[Cl-].[Cl-].[Cl-].[Cl-].[Mo+6].[Pd+2]. The number of hydrogen-bond acceptors (Lipinski definition) is 0. The molecule has 0 N–H and O–H groups in total. The molecule has 0 unspecified atom stereocenters. The zero-order valence-electron chi connectivity index (χ0n) is 3.75. The zero-order valence-corrected chi connectivity index (χ0v) is 13.4. The quantitative estimate of drug-likeness (QED) is 0.299. The van der Waals surface area contributed by atoms with Crippen LogP contribution in [0.25, 0.3) is 0 Å². The third-order valence-electron chi connectivity index (χ3n) is 0. The van der Waals surface area contributed by atoms with Gasteiger partial charge in [0, 0.05) is 0 Å². The maximum atomic E-state index is 0. The van der Waals surface area contributed by atoms with Gasteiger partial charge in [-0.3, -0.25) is 0 Å². The van der Waals surface area contributed by atoms with Crippen LogP contribution in [0.4, 0.5) is 0 Å². The minimum Gasteiger partial charge on any atom is -1.00 e. The van der Waals surface area contributed by atoms with E-state index in [-0.39, 0.29) is 141 Å². The van der Waals surface area contributed by atoms with E-state index in [1.54, 1.807) is 0 Å². The van der Waals surface area contributed by atoms with Gasteiger partial charge in [-0.1, -0.05) is 0 Å². The van der Waals surface area contributed by atoms with Crippen molar-refractivity contribution in [1.29, 1.82) is 0 Å². The molecule has 0 nitrogen and oxygen atoms in total. The van der Waals surface area contributed by atoms with E-state index in [1.165, 1.54) is 0 Å². The first-order chi connectivity index (χ1) is 0. The smallest absolute Gasteiger partial charge is 1.00 e. The normalized spacial score (nSPS) is 0. The van der Waals surface area contributed by atoms with Gasteiger partial charge in [0.2, 0.25) is 0 Å². The molecule has 0 amide bonds. The van der Waals surface area contributed by atoms with Gasteiger partial charge in [-0.05, 0) is 0 Å². The predicted molar refractivity (Wildman–Crippen MR) is 0 cm³/mol. The van der Waals surface area contributed by atoms with Crippen LogP contribution >= 0.6 is 0 Å². The monoisotopic (exact) mass is 484 g/mol. The minimum atomic E-state index is 0. The zero-order chi connectivity index (χ0) is 0. The van der Waals surface area contributed by atoms with E-state index in [2.05, 4.69) is 0 Å².